The topological polar surface area (TPSA) is 51.7 Å². The largest absolute Gasteiger partial charge is 0.486 e. The number of carbonyl (C=O) groups excluding carboxylic acids is 1. The number of carbonyl (C=O) groups is 1. The van der Waals surface area contributed by atoms with Crippen molar-refractivity contribution in [3.8, 4) is 11.5 Å². The summed E-state index contributed by atoms with van der Waals surface area (Å²) in [7, 11) is 0. The first kappa shape index (κ1) is 19.1. The van der Waals surface area contributed by atoms with Gasteiger partial charge in [0.25, 0.3) is 0 Å². The van der Waals surface area contributed by atoms with Crippen LogP contribution in [0.4, 0.5) is 0 Å². The van der Waals surface area contributed by atoms with Crippen LogP contribution >= 0.6 is 23.1 Å². The number of ether oxygens (including phenoxy) is 2. The van der Waals surface area contributed by atoms with E-state index >= 15 is 0 Å². The van der Waals surface area contributed by atoms with Gasteiger partial charge in [0.15, 0.2) is 11.5 Å². The summed E-state index contributed by atoms with van der Waals surface area (Å²) in [4.78, 5) is 19.2. The first-order valence-corrected chi connectivity index (χ1v) is 11.3. The Kier molecular flexibility index (Phi) is 6.02. The van der Waals surface area contributed by atoms with Crippen molar-refractivity contribution in [2.45, 2.75) is 19.2 Å². The van der Waals surface area contributed by atoms with Gasteiger partial charge in [0.2, 0.25) is 5.91 Å². The van der Waals surface area contributed by atoms with Gasteiger partial charge in [-0.15, -0.1) is 23.1 Å². The fourth-order valence-corrected chi connectivity index (χ4v) is 5.03. The number of rotatable bonds is 7. The van der Waals surface area contributed by atoms with Gasteiger partial charge in [0, 0.05) is 18.8 Å². The number of benzene rings is 2. The Bertz CT molecular complexity index is 940. The molecule has 146 valence electrons. The molecular weight excluding hydrogens is 392 g/mol. The van der Waals surface area contributed by atoms with Crippen LogP contribution in [0.2, 0.25) is 0 Å². The minimum Gasteiger partial charge on any atom is -0.486 e. The van der Waals surface area contributed by atoms with Gasteiger partial charge in [-0.1, -0.05) is 18.2 Å². The maximum atomic E-state index is 12.7. The fourth-order valence-electron chi connectivity index (χ4n) is 3.08. The lowest BCUT2D eigenvalue weighted by Crippen LogP contribution is -2.31. The molecule has 7 heteroatoms. The van der Waals surface area contributed by atoms with E-state index in [0.717, 1.165) is 33.3 Å². The lowest BCUT2D eigenvalue weighted by Gasteiger charge is -2.23. The standard InChI is InChI=1S/C21H22N2O3S2/c1-2-23(12-15-7-8-17-18(11-15)26-10-9-25-17)21(24)14-27-13-20-22-16-5-3-4-6-19(16)28-20/h3-8,11H,2,9-10,12-14H2,1H3. The Hall–Kier alpha value is -2.25. The highest BCUT2D eigenvalue weighted by Gasteiger charge is 2.16. The van der Waals surface area contributed by atoms with Crippen LogP contribution in [0.1, 0.15) is 17.5 Å². The molecule has 0 N–H and O–H groups in total. The molecule has 1 aliphatic rings. The van der Waals surface area contributed by atoms with E-state index in [9.17, 15) is 4.79 Å². The van der Waals surface area contributed by atoms with Crippen molar-refractivity contribution in [3.05, 3.63) is 53.0 Å². The highest BCUT2D eigenvalue weighted by molar-refractivity contribution is 7.99. The second-order valence-electron chi connectivity index (χ2n) is 6.45. The van der Waals surface area contributed by atoms with E-state index in [2.05, 4.69) is 11.1 Å². The molecule has 0 unspecified atom stereocenters. The summed E-state index contributed by atoms with van der Waals surface area (Å²) >= 11 is 3.31. The van der Waals surface area contributed by atoms with E-state index in [1.54, 1.807) is 23.1 Å². The second-order valence-corrected chi connectivity index (χ2v) is 8.55. The molecule has 2 heterocycles. The van der Waals surface area contributed by atoms with Crippen LogP contribution in [-0.4, -0.2) is 41.3 Å². The molecule has 3 aromatic rings. The number of hydrogen-bond acceptors (Lipinski definition) is 6. The zero-order valence-electron chi connectivity index (χ0n) is 15.7. The molecule has 1 aromatic heterocycles. The molecule has 0 saturated carbocycles. The molecule has 1 aliphatic heterocycles. The van der Waals surface area contributed by atoms with Crippen LogP contribution in [0.3, 0.4) is 0 Å². The number of thiazole rings is 1. The van der Waals surface area contributed by atoms with E-state index < -0.39 is 0 Å². The molecule has 0 radical (unpaired) electrons. The number of thioether (sulfide) groups is 1. The Morgan fingerprint density at radius 1 is 1.18 bits per heavy atom. The van der Waals surface area contributed by atoms with Crippen molar-refractivity contribution in [1.29, 1.82) is 0 Å². The smallest absolute Gasteiger partial charge is 0.232 e. The summed E-state index contributed by atoms with van der Waals surface area (Å²) in [6.45, 7) is 4.41. The van der Waals surface area contributed by atoms with Crippen molar-refractivity contribution in [2.24, 2.45) is 0 Å². The van der Waals surface area contributed by atoms with Gasteiger partial charge < -0.3 is 14.4 Å². The third-order valence-electron chi connectivity index (χ3n) is 4.50. The summed E-state index contributed by atoms with van der Waals surface area (Å²) < 4.78 is 12.4. The zero-order chi connectivity index (χ0) is 19.3. The summed E-state index contributed by atoms with van der Waals surface area (Å²) in [5.41, 5.74) is 2.08. The minimum absolute atomic E-state index is 0.142. The Labute approximate surface area is 172 Å². The maximum absolute atomic E-state index is 12.7. The monoisotopic (exact) mass is 414 g/mol. The minimum atomic E-state index is 0.142. The quantitative estimate of drug-likeness (QED) is 0.575. The molecule has 0 fully saturated rings. The van der Waals surface area contributed by atoms with Crippen molar-refractivity contribution < 1.29 is 14.3 Å². The van der Waals surface area contributed by atoms with Crippen LogP contribution < -0.4 is 9.47 Å². The molecule has 0 bridgehead atoms. The van der Waals surface area contributed by atoms with Crippen molar-refractivity contribution in [3.63, 3.8) is 0 Å². The molecule has 1 amide bonds. The number of nitrogens with zero attached hydrogens (tertiary/aromatic N) is 2. The lowest BCUT2D eigenvalue weighted by molar-refractivity contribution is -0.128. The Morgan fingerprint density at radius 2 is 2.00 bits per heavy atom. The van der Waals surface area contributed by atoms with E-state index in [1.165, 1.54) is 4.70 Å². The number of aromatic nitrogens is 1. The number of hydrogen-bond donors (Lipinski definition) is 0. The Balaban J connectivity index is 1.32. The maximum Gasteiger partial charge on any atom is 0.232 e. The zero-order valence-corrected chi connectivity index (χ0v) is 17.4. The fraction of sp³-hybridized carbons (Fsp3) is 0.333. The van der Waals surface area contributed by atoms with Crippen LogP contribution in [-0.2, 0) is 17.1 Å². The average Bonchev–Trinajstić information content (AvgIpc) is 3.14. The van der Waals surface area contributed by atoms with Crippen molar-refractivity contribution in [2.75, 3.05) is 25.5 Å². The third-order valence-corrected chi connectivity index (χ3v) is 6.65. The first-order chi connectivity index (χ1) is 13.7. The van der Waals surface area contributed by atoms with Gasteiger partial charge >= 0.3 is 0 Å². The lowest BCUT2D eigenvalue weighted by atomic mass is 10.2. The highest BCUT2D eigenvalue weighted by atomic mass is 32.2. The Morgan fingerprint density at radius 3 is 2.82 bits per heavy atom. The number of amides is 1. The van der Waals surface area contributed by atoms with Gasteiger partial charge in [0.05, 0.1) is 16.0 Å². The van der Waals surface area contributed by atoms with Crippen molar-refractivity contribution in [1.82, 2.24) is 9.88 Å². The molecule has 2 aromatic carbocycles. The predicted molar refractivity (Wildman–Crippen MR) is 114 cm³/mol. The summed E-state index contributed by atoms with van der Waals surface area (Å²) in [6, 6.07) is 14.0. The third kappa shape index (κ3) is 4.42. The van der Waals surface area contributed by atoms with Gasteiger partial charge in [-0.3, -0.25) is 4.79 Å². The highest BCUT2D eigenvalue weighted by Crippen LogP contribution is 2.31. The molecule has 5 nitrogen and oxygen atoms in total. The summed E-state index contributed by atoms with van der Waals surface area (Å²) in [6.07, 6.45) is 0. The molecule has 0 aliphatic carbocycles. The van der Waals surface area contributed by atoms with Gasteiger partial charge in [-0.05, 0) is 36.8 Å². The van der Waals surface area contributed by atoms with Crippen LogP contribution in [0.15, 0.2) is 42.5 Å². The molecule has 0 atom stereocenters. The molecule has 0 spiro atoms. The van der Waals surface area contributed by atoms with E-state index in [0.29, 0.717) is 32.1 Å². The summed E-state index contributed by atoms with van der Waals surface area (Å²) in [5.74, 6) is 2.89. The van der Waals surface area contributed by atoms with Crippen molar-refractivity contribution >= 4 is 39.2 Å². The number of fused-ring (bicyclic) bond motifs is 2. The van der Waals surface area contributed by atoms with Crippen LogP contribution in [0, 0.1) is 0 Å². The molecule has 4 rings (SSSR count). The first-order valence-electron chi connectivity index (χ1n) is 9.31. The van der Waals surface area contributed by atoms with Crippen LogP contribution in [0.5, 0.6) is 11.5 Å². The molecular formula is C21H22N2O3S2. The van der Waals surface area contributed by atoms with Crippen LogP contribution in [0.25, 0.3) is 10.2 Å². The average molecular weight is 415 g/mol. The predicted octanol–water partition coefficient (Wildman–Crippen LogP) is 4.35. The normalized spacial score (nSPS) is 12.9. The van der Waals surface area contributed by atoms with Gasteiger partial charge in [-0.2, -0.15) is 0 Å². The van der Waals surface area contributed by atoms with Gasteiger partial charge in [-0.25, -0.2) is 4.98 Å². The number of para-hydroxylation sites is 1. The van der Waals surface area contributed by atoms with E-state index in [-0.39, 0.29) is 5.91 Å². The summed E-state index contributed by atoms with van der Waals surface area (Å²) in [5, 5.41) is 1.06. The van der Waals surface area contributed by atoms with E-state index in [4.69, 9.17) is 9.47 Å². The van der Waals surface area contributed by atoms with Gasteiger partial charge in [0.1, 0.15) is 18.2 Å². The van der Waals surface area contributed by atoms with E-state index in [1.807, 2.05) is 48.2 Å². The second kappa shape index (κ2) is 8.84. The molecule has 28 heavy (non-hydrogen) atoms. The molecule has 0 saturated heterocycles. The SMILES string of the molecule is CCN(Cc1ccc2c(c1)OCCO2)C(=O)CSCc1nc2ccccc2s1.